The highest BCUT2D eigenvalue weighted by molar-refractivity contribution is 6.28. The van der Waals surface area contributed by atoms with E-state index in [1.54, 1.807) is 23.8 Å². The van der Waals surface area contributed by atoms with Crippen molar-refractivity contribution < 1.29 is 9.90 Å². The number of amides is 1. The zero-order valence-corrected chi connectivity index (χ0v) is 11.6. The third-order valence-corrected chi connectivity index (χ3v) is 3.87. The van der Waals surface area contributed by atoms with Crippen LogP contribution in [0, 0.1) is 0 Å². The lowest BCUT2D eigenvalue weighted by molar-refractivity contribution is -0.122. The number of aliphatic hydroxyl groups excluding tert-OH is 1. The molecule has 0 unspecified atom stereocenters. The molecule has 3 rings (SSSR count). The van der Waals surface area contributed by atoms with Gasteiger partial charge in [-0.05, 0) is 31.4 Å². The number of halogens is 1. The summed E-state index contributed by atoms with van der Waals surface area (Å²) in [6, 6.07) is -0.621. The summed E-state index contributed by atoms with van der Waals surface area (Å²) in [6.45, 7) is 2.25. The van der Waals surface area contributed by atoms with Gasteiger partial charge in [0.25, 0.3) is 5.91 Å². The molecule has 19 heavy (non-hydrogen) atoms. The summed E-state index contributed by atoms with van der Waals surface area (Å²) >= 11 is 5.95. The molecule has 1 N–H and O–H groups in total. The summed E-state index contributed by atoms with van der Waals surface area (Å²) in [4.78, 5) is 24.3. The molecule has 2 atom stereocenters. The number of nitrogens with zero attached hydrogens (tertiary/aromatic N) is 4. The molecule has 2 aliphatic heterocycles. The number of carbonyl (C=O) groups is 1. The van der Waals surface area contributed by atoms with Crippen LogP contribution >= 0.6 is 11.6 Å². The molecule has 6 nitrogen and oxygen atoms in total. The summed E-state index contributed by atoms with van der Waals surface area (Å²) < 4.78 is 0. The molecule has 3 heterocycles. The number of aryl methyl sites for hydroxylation is 1. The molecular formula is C12H15ClN4O2. The SMILES string of the molecule is C[C@@H](O)[C@H]1C(=O)N2CCCc3nc(Cl)nc(c32)N1C. The van der Waals surface area contributed by atoms with Crippen LogP contribution in [0.2, 0.25) is 5.28 Å². The number of aliphatic hydroxyl groups is 1. The van der Waals surface area contributed by atoms with Crippen LogP contribution in [0.25, 0.3) is 0 Å². The van der Waals surface area contributed by atoms with Crippen LogP contribution in [-0.2, 0) is 11.2 Å². The van der Waals surface area contributed by atoms with Gasteiger partial charge < -0.3 is 14.9 Å². The molecule has 0 saturated heterocycles. The molecular weight excluding hydrogens is 268 g/mol. The number of aromatic nitrogens is 2. The van der Waals surface area contributed by atoms with Gasteiger partial charge in [-0.25, -0.2) is 4.98 Å². The Bertz CT molecular complexity index is 549. The average Bonchev–Trinajstić information content (AvgIpc) is 2.35. The van der Waals surface area contributed by atoms with Crippen LogP contribution in [-0.4, -0.2) is 46.7 Å². The molecule has 2 aliphatic rings. The van der Waals surface area contributed by atoms with Crippen LogP contribution in [0.1, 0.15) is 19.0 Å². The summed E-state index contributed by atoms with van der Waals surface area (Å²) in [5, 5.41) is 10.0. The lowest BCUT2D eigenvalue weighted by Crippen LogP contribution is -2.58. The molecule has 7 heteroatoms. The van der Waals surface area contributed by atoms with Crippen molar-refractivity contribution in [2.75, 3.05) is 23.4 Å². The van der Waals surface area contributed by atoms with E-state index in [-0.39, 0.29) is 11.2 Å². The molecule has 0 spiro atoms. The van der Waals surface area contributed by atoms with Crippen molar-refractivity contribution in [3.05, 3.63) is 11.0 Å². The van der Waals surface area contributed by atoms with Gasteiger partial charge in [0.15, 0.2) is 5.82 Å². The van der Waals surface area contributed by atoms with E-state index in [4.69, 9.17) is 11.6 Å². The largest absolute Gasteiger partial charge is 0.391 e. The first-order chi connectivity index (χ1) is 9.00. The number of anilines is 2. The quantitative estimate of drug-likeness (QED) is 0.764. The molecule has 0 aromatic carbocycles. The van der Waals surface area contributed by atoms with E-state index in [2.05, 4.69) is 9.97 Å². The smallest absolute Gasteiger partial charge is 0.252 e. The van der Waals surface area contributed by atoms with Gasteiger partial charge in [0.2, 0.25) is 5.28 Å². The molecule has 0 radical (unpaired) electrons. The Kier molecular flexibility index (Phi) is 2.87. The maximum atomic E-state index is 12.5. The zero-order chi connectivity index (χ0) is 13.7. The van der Waals surface area contributed by atoms with Crippen molar-refractivity contribution in [2.45, 2.75) is 31.9 Å². The first-order valence-corrected chi connectivity index (χ1v) is 6.67. The van der Waals surface area contributed by atoms with Gasteiger partial charge in [0.05, 0.1) is 11.8 Å². The molecule has 1 aromatic heterocycles. The third-order valence-electron chi connectivity index (χ3n) is 3.70. The Morgan fingerprint density at radius 3 is 2.89 bits per heavy atom. The molecule has 1 aromatic rings. The van der Waals surface area contributed by atoms with Crippen molar-refractivity contribution in [2.24, 2.45) is 0 Å². The zero-order valence-electron chi connectivity index (χ0n) is 10.8. The topological polar surface area (TPSA) is 69.6 Å². The van der Waals surface area contributed by atoms with E-state index >= 15 is 0 Å². The first kappa shape index (κ1) is 12.6. The van der Waals surface area contributed by atoms with Crippen LogP contribution in [0.15, 0.2) is 0 Å². The fourth-order valence-corrected chi connectivity index (χ4v) is 3.06. The van der Waals surface area contributed by atoms with Crippen LogP contribution in [0.3, 0.4) is 0 Å². The Labute approximate surface area is 116 Å². The minimum atomic E-state index is -0.773. The average molecular weight is 283 g/mol. The van der Waals surface area contributed by atoms with Crippen LogP contribution < -0.4 is 9.80 Å². The highest BCUT2D eigenvalue weighted by Gasteiger charge is 2.42. The number of hydrogen-bond acceptors (Lipinski definition) is 5. The molecule has 0 aliphatic carbocycles. The lowest BCUT2D eigenvalue weighted by Gasteiger charge is -2.43. The first-order valence-electron chi connectivity index (χ1n) is 6.29. The third kappa shape index (κ3) is 1.78. The van der Waals surface area contributed by atoms with Crippen LogP contribution in [0.4, 0.5) is 11.5 Å². The van der Waals surface area contributed by atoms with E-state index in [0.717, 1.165) is 24.2 Å². The predicted octanol–water partition coefficient (Wildman–Crippen LogP) is 0.608. The summed E-state index contributed by atoms with van der Waals surface area (Å²) in [5.41, 5.74) is 1.56. The normalized spacial score (nSPS) is 23.4. The van der Waals surface area contributed by atoms with E-state index in [1.807, 2.05) is 0 Å². The minimum Gasteiger partial charge on any atom is -0.391 e. The summed E-state index contributed by atoms with van der Waals surface area (Å²) in [7, 11) is 1.75. The van der Waals surface area contributed by atoms with Gasteiger partial charge in [-0.1, -0.05) is 0 Å². The minimum absolute atomic E-state index is 0.100. The van der Waals surface area contributed by atoms with Crippen molar-refractivity contribution in [1.82, 2.24) is 9.97 Å². The second-order valence-corrected chi connectivity index (χ2v) is 5.34. The summed E-state index contributed by atoms with van der Waals surface area (Å²) in [6.07, 6.45) is 0.869. The Morgan fingerprint density at radius 2 is 2.21 bits per heavy atom. The Morgan fingerprint density at radius 1 is 1.47 bits per heavy atom. The highest BCUT2D eigenvalue weighted by atomic mass is 35.5. The fraction of sp³-hybridized carbons (Fsp3) is 0.583. The monoisotopic (exact) mass is 282 g/mol. The van der Waals surface area contributed by atoms with E-state index in [0.29, 0.717) is 12.4 Å². The fourth-order valence-electron chi connectivity index (χ4n) is 2.88. The van der Waals surface area contributed by atoms with Crippen molar-refractivity contribution in [3.63, 3.8) is 0 Å². The van der Waals surface area contributed by atoms with E-state index in [1.165, 1.54) is 0 Å². The maximum absolute atomic E-state index is 12.5. The number of likely N-dealkylation sites (N-methyl/N-ethyl adjacent to an activating group) is 1. The standard InChI is InChI=1S/C12H15ClN4O2/c1-6(18)8-11(19)17-5-3-4-7-9(17)10(16(8)2)15-12(13)14-7/h6,8,18H,3-5H2,1-2H3/t6-,8+/m1/s1. The summed E-state index contributed by atoms with van der Waals surface area (Å²) in [5.74, 6) is 0.525. The molecule has 1 amide bonds. The second kappa shape index (κ2) is 4.31. The van der Waals surface area contributed by atoms with Gasteiger partial charge in [0.1, 0.15) is 11.7 Å². The van der Waals surface area contributed by atoms with Crippen molar-refractivity contribution in [1.29, 1.82) is 0 Å². The van der Waals surface area contributed by atoms with Crippen LogP contribution in [0.5, 0.6) is 0 Å². The second-order valence-electron chi connectivity index (χ2n) is 5.00. The van der Waals surface area contributed by atoms with Gasteiger partial charge in [-0.3, -0.25) is 4.79 Å². The van der Waals surface area contributed by atoms with Crippen molar-refractivity contribution >= 4 is 29.0 Å². The van der Waals surface area contributed by atoms with E-state index in [9.17, 15) is 9.90 Å². The van der Waals surface area contributed by atoms with Crippen molar-refractivity contribution in [3.8, 4) is 0 Å². The van der Waals surface area contributed by atoms with Gasteiger partial charge in [0, 0.05) is 13.6 Å². The number of hydrogen-bond donors (Lipinski definition) is 1. The number of carbonyl (C=O) groups excluding carboxylic acids is 1. The van der Waals surface area contributed by atoms with Gasteiger partial charge in [-0.15, -0.1) is 0 Å². The molecule has 0 fully saturated rings. The van der Waals surface area contributed by atoms with Gasteiger partial charge >= 0.3 is 0 Å². The Hall–Kier alpha value is -1.40. The van der Waals surface area contributed by atoms with E-state index < -0.39 is 12.1 Å². The predicted molar refractivity (Wildman–Crippen MR) is 71.6 cm³/mol. The molecule has 102 valence electrons. The van der Waals surface area contributed by atoms with Gasteiger partial charge in [-0.2, -0.15) is 4.98 Å². The highest BCUT2D eigenvalue weighted by Crippen LogP contribution is 2.40. The lowest BCUT2D eigenvalue weighted by atomic mass is 10.00. The molecule has 0 saturated carbocycles. The maximum Gasteiger partial charge on any atom is 0.252 e. The molecule has 0 bridgehead atoms. The Balaban J connectivity index is 2.21. The number of rotatable bonds is 1.